The zero-order valence-electron chi connectivity index (χ0n) is 19.0. The molecule has 0 bridgehead atoms. The fourth-order valence-electron chi connectivity index (χ4n) is 3.52. The highest BCUT2D eigenvalue weighted by Gasteiger charge is 2.31. The van der Waals surface area contributed by atoms with Gasteiger partial charge >= 0.3 is 6.09 Å². The van der Waals surface area contributed by atoms with Gasteiger partial charge in [0.05, 0.1) is 12.2 Å². The van der Waals surface area contributed by atoms with Crippen molar-refractivity contribution in [2.75, 3.05) is 13.2 Å². The molecule has 8 heteroatoms. The monoisotopic (exact) mass is 455 g/mol. The zero-order chi connectivity index (χ0) is 24.2. The van der Waals surface area contributed by atoms with Crippen LogP contribution >= 0.6 is 0 Å². The molecule has 2 aromatic carbocycles. The van der Waals surface area contributed by atoms with Crippen LogP contribution in [0.5, 0.6) is 17.2 Å². The number of allylic oxidation sites excluding steroid dienone is 2. The van der Waals surface area contributed by atoms with Gasteiger partial charge in [0.2, 0.25) is 5.78 Å². The van der Waals surface area contributed by atoms with Gasteiger partial charge in [0, 0.05) is 18.5 Å². The lowest BCUT2D eigenvalue weighted by atomic mass is 9.85. The van der Waals surface area contributed by atoms with Crippen molar-refractivity contribution >= 4 is 17.4 Å². The van der Waals surface area contributed by atoms with Gasteiger partial charge in [-0.1, -0.05) is 18.2 Å². The Labute approximate surface area is 192 Å². The number of fused-ring (bicyclic) bond motifs is 1. The van der Waals surface area contributed by atoms with E-state index in [0.29, 0.717) is 42.5 Å². The predicted molar refractivity (Wildman–Crippen MR) is 122 cm³/mol. The van der Waals surface area contributed by atoms with Crippen molar-refractivity contribution in [1.82, 2.24) is 5.32 Å². The molecule has 0 aromatic heterocycles. The van der Waals surface area contributed by atoms with E-state index < -0.39 is 17.5 Å². The number of hydrogen-bond donors (Lipinski definition) is 4. The van der Waals surface area contributed by atoms with Crippen molar-refractivity contribution < 1.29 is 34.4 Å². The number of ether oxygens (including phenoxy) is 2. The van der Waals surface area contributed by atoms with E-state index in [2.05, 4.69) is 5.32 Å². The molecule has 0 atom stereocenters. The van der Waals surface area contributed by atoms with Gasteiger partial charge < -0.3 is 30.1 Å². The van der Waals surface area contributed by atoms with Gasteiger partial charge in [-0.05, 0) is 62.9 Å². The van der Waals surface area contributed by atoms with E-state index in [0.717, 1.165) is 0 Å². The molecule has 2 aromatic rings. The lowest BCUT2D eigenvalue weighted by molar-refractivity contribution is 0.0526. The molecule has 0 aliphatic heterocycles. The molecule has 1 amide bonds. The van der Waals surface area contributed by atoms with E-state index in [9.17, 15) is 24.9 Å². The second-order valence-electron chi connectivity index (χ2n) is 8.81. The number of phenols is 3. The number of rotatable bonds is 7. The van der Waals surface area contributed by atoms with Gasteiger partial charge in [0.25, 0.3) is 0 Å². The minimum Gasteiger partial charge on any atom is -0.507 e. The summed E-state index contributed by atoms with van der Waals surface area (Å²) in [6.07, 6.45) is 0.997. The first kappa shape index (κ1) is 24.0. The fourth-order valence-corrected chi connectivity index (χ4v) is 3.52. The molecule has 1 aliphatic carbocycles. The molecule has 0 heterocycles. The largest absolute Gasteiger partial charge is 0.507 e. The first-order chi connectivity index (χ1) is 15.6. The number of carbonyl (C=O) groups is 2. The third-order valence-electron chi connectivity index (χ3n) is 5.01. The van der Waals surface area contributed by atoms with E-state index in [1.54, 1.807) is 39.0 Å². The van der Waals surface area contributed by atoms with Gasteiger partial charge in [-0.25, -0.2) is 4.79 Å². The molecule has 1 aliphatic rings. The normalized spacial score (nSPS) is 13.5. The third kappa shape index (κ3) is 5.97. The average Bonchev–Trinajstić information content (AvgIpc) is 2.72. The number of alkyl carbamates (subject to hydrolysis) is 1. The SMILES string of the molecule is CC(C)(C)OC(=O)NCCCCOC1=C(c2ccc(O)c(O)c2)Cc2cccc(O)c2C1=O. The van der Waals surface area contributed by atoms with Crippen LogP contribution in [0.25, 0.3) is 5.57 Å². The number of benzene rings is 2. The van der Waals surface area contributed by atoms with Crippen molar-refractivity contribution in [2.24, 2.45) is 0 Å². The van der Waals surface area contributed by atoms with Crippen LogP contribution < -0.4 is 5.32 Å². The number of unbranched alkanes of at least 4 members (excludes halogenated alkanes) is 1. The number of hydrogen-bond acceptors (Lipinski definition) is 7. The van der Waals surface area contributed by atoms with Crippen LogP contribution in [0, 0.1) is 0 Å². The molecule has 176 valence electrons. The maximum atomic E-state index is 13.2. The number of aromatic hydroxyl groups is 3. The summed E-state index contributed by atoms with van der Waals surface area (Å²) in [5.74, 6) is -1.04. The van der Waals surface area contributed by atoms with Gasteiger partial charge in [-0.3, -0.25) is 4.79 Å². The summed E-state index contributed by atoms with van der Waals surface area (Å²) in [7, 11) is 0. The Hall–Kier alpha value is -3.68. The molecule has 0 unspecified atom stereocenters. The summed E-state index contributed by atoms with van der Waals surface area (Å²) >= 11 is 0. The molecule has 4 N–H and O–H groups in total. The predicted octanol–water partition coefficient (Wildman–Crippen LogP) is 4.28. The van der Waals surface area contributed by atoms with Gasteiger partial charge in [-0.15, -0.1) is 0 Å². The van der Waals surface area contributed by atoms with Crippen molar-refractivity contribution in [2.45, 2.75) is 45.6 Å². The number of ketones is 1. The Morgan fingerprint density at radius 1 is 1.03 bits per heavy atom. The molecule has 8 nitrogen and oxygen atoms in total. The molecule has 0 fully saturated rings. The number of nitrogens with one attached hydrogen (secondary N) is 1. The highest BCUT2D eigenvalue weighted by molar-refractivity contribution is 6.16. The summed E-state index contributed by atoms with van der Waals surface area (Å²) < 4.78 is 11.0. The molecule has 0 spiro atoms. The summed E-state index contributed by atoms with van der Waals surface area (Å²) in [6.45, 7) is 5.98. The Kier molecular flexibility index (Phi) is 7.16. The summed E-state index contributed by atoms with van der Waals surface area (Å²) in [5, 5.41) is 32.5. The van der Waals surface area contributed by atoms with E-state index in [-0.39, 0.29) is 35.2 Å². The lowest BCUT2D eigenvalue weighted by Crippen LogP contribution is -2.33. The molecule has 3 rings (SSSR count). The van der Waals surface area contributed by atoms with Crippen LogP contribution in [0.3, 0.4) is 0 Å². The topological polar surface area (TPSA) is 125 Å². The smallest absolute Gasteiger partial charge is 0.407 e. The lowest BCUT2D eigenvalue weighted by Gasteiger charge is -2.23. The summed E-state index contributed by atoms with van der Waals surface area (Å²) in [4.78, 5) is 24.9. The van der Waals surface area contributed by atoms with Gasteiger partial charge in [-0.2, -0.15) is 0 Å². The Morgan fingerprint density at radius 3 is 2.48 bits per heavy atom. The molecular formula is C25H29NO7. The van der Waals surface area contributed by atoms with Crippen LogP contribution in [0.1, 0.15) is 55.1 Å². The Morgan fingerprint density at radius 2 is 1.79 bits per heavy atom. The first-order valence-electron chi connectivity index (χ1n) is 10.8. The van der Waals surface area contributed by atoms with E-state index in [4.69, 9.17) is 9.47 Å². The second kappa shape index (κ2) is 9.85. The minimum atomic E-state index is -0.568. The quantitative estimate of drug-likeness (QED) is 0.363. The van der Waals surface area contributed by atoms with Crippen molar-refractivity contribution in [3.05, 3.63) is 58.8 Å². The first-order valence-corrected chi connectivity index (χ1v) is 10.8. The molecular weight excluding hydrogens is 426 g/mol. The maximum Gasteiger partial charge on any atom is 0.407 e. The maximum absolute atomic E-state index is 13.2. The van der Waals surface area contributed by atoms with Crippen molar-refractivity contribution in [3.63, 3.8) is 0 Å². The van der Waals surface area contributed by atoms with E-state index >= 15 is 0 Å². The highest BCUT2D eigenvalue weighted by Crippen LogP contribution is 2.38. The summed E-state index contributed by atoms with van der Waals surface area (Å²) in [6, 6.07) is 9.19. The molecule has 0 radical (unpaired) electrons. The third-order valence-corrected chi connectivity index (χ3v) is 5.01. The fraction of sp³-hybridized carbons (Fsp3) is 0.360. The number of Topliss-reactive ketones (excluding diaryl/α,β-unsaturated/α-hetero) is 1. The minimum absolute atomic E-state index is 0.0918. The van der Waals surface area contributed by atoms with Crippen molar-refractivity contribution in [3.8, 4) is 17.2 Å². The molecule has 0 saturated heterocycles. The van der Waals surface area contributed by atoms with Crippen molar-refractivity contribution in [1.29, 1.82) is 0 Å². The van der Waals surface area contributed by atoms with Crippen LogP contribution in [0.4, 0.5) is 4.79 Å². The summed E-state index contributed by atoms with van der Waals surface area (Å²) in [5.41, 5.74) is 1.37. The number of carbonyl (C=O) groups excluding carboxylic acids is 2. The van der Waals surface area contributed by atoms with Crippen LogP contribution in [-0.2, 0) is 15.9 Å². The van der Waals surface area contributed by atoms with E-state index in [1.165, 1.54) is 18.2 Å². The van der Waals surface area contributed by atoms with Crippen LogP contribution in [0.15, 0.2) is 42.2 Å². The highest BCUT2D eigenvalue weighted by atomic mass is 16.6. The van der Waals surface area contributed by atoms with E-state index in [1.807, 2.05) is 0 Å². The van der Waals surface area contributed by atoms with Crippen LogP contribution in [0.2, 0.25) is 0 Å². The average molecular weight is 456 g/mol. The second-order valence-corrected chi connectivity index (χ2v) is 8.81. The van der Waals surface area contributed by atoms with Gasteiger partial charge in [0.1, 0.15) is 11.4 Å². The molecule has 33 heavy (non-hydrogen) atoms. The Balaban J connectivity index is 1.71. The van der Waals surface area contributed by atoms with Crippen LogP contribution in [-0.4, -0.2) is 45.9 Å². The standard InChI is InChI=1S/C25H29NO7/c1-25(2,3)33-24(31)26-11-4-5-12-32-23-17(15-9-10-18(27)20(29)14-15)13-16-7-6-8-19(28)21(16)22(23)30/h6-10,14,27-29H,4-5,11-13H2,1-3H3,(H,26,31). The zero-order valence-corrected chi connectivity index (χ0v) is 19.0. The van der Waals surface area contributed by atoms with Gasteiger partial charge in [0.15, 0.2) is 17.3 Å². The number of phenolic OH excluding ortho intramolecular Hbond substituents is 3. The molecule has 0 saturated carbocycles. The Bertz CT molecular complexity index is 1080. The number of amides is 1.